The van der Waals surface area contributed by atoms with Crippen molar-refractivity contribution in [1.29, 1.82) is 5.26 Å². The Labute approximate surface area is 256 Å². The molecule has 0 aliphatic carbocycles. The highest BCUT2D eigenvalue weighted by Gasteiger charge is 2.34. The van der Waals surface area contributed by atoms with Crippen LogP contribution in [0.4, 0.5) is 19.7 Å². The van der Waals surface area contributed by atoms with Gasteiger partial charge in [0.15, 0.2) is 10.9 Å². The van der Waals surface area contributed by atoms with Gasteiger partial charge in [0, 0.05) is 54.1 Å². The molecule has 3 unspecified atom stereocenters. The maximum absolute atomic E-state index is 16.7. The highest BCUT2D eigenvalue weighted by atomic mass is 35.5. The molecule has 224 valence electrons. The van der Waals surface area contributed by atoms with Crippen molar-refractivity contribution in [1.82, 2.24) is 25.2 Å². The van der Waals surface area contributed by atoms with E-state index in [1.807, 2.05) is 6.92 Å². The third-order valence-electron chi connectivity index (χ3n) is 8.73. The van der Waals surface area contributed by atoms with Gasteiger partial charge in [-0.15, -0.1) is 0 Å². The number of anilines is 2. The van der Waals surface area contributed by atoms with E-state index in [4.69, 9.17) is 27.1 Å². The number of nitrogen functional groups attached to an aromatic ring is 1. The molecule has 0 saturated carbocycles. The number of aromatic nitrogens is 3. The average Bonchev–Trinajstić information content (AvgIpc) is 3.55. The van der Waals surface area contributed by atoms with Gasteiger partial charge in [-0.25, -0.2) is 13.8 Å². The van der Waals surface area contributed by atoms with Crippen molar-refractivity contribution in [3.63, 3.8) is 0 Å². The lowest BCUT2D eigenvalue weighted by Gasteiger charge is -2.34. The first-order valence-corrected chi connectivity index (χ1v) is 15.8. The van der Waals surface area contributed by atoms with Crippen molar-refractivity contribution in [3.8, 4) is 23.2 Å². The molecule has 0 spiro atoms. The third-order valence-corrected chi connectivity index (χ3v) is 9.92. The fourth-order valence-electron chi connectivity index (χ4n) is 6.69. The summed E-state index contributed by atoms with van der Waals surface area (Å²) in [5.41, 5.74) is 6.64. The second kappa shape index (κ2) is 11.3. The Kier molecular flexibility index (Phi) is 7.45. The summed E-state index contributed by atoms with van der Waals surface area (Å²) in [5.74, 6) is -0.459. The summed E-state index contributed by atoms with van der Waals surface area (Å²) in [5, 5.41) is 13.7. The van der Waals surface area contributed by atoms with E-state index >= 15 is 4.39 Å². The molecule has 2 aromatic heterocycles. The Hall–Kier alpha value is -3.37. The molecule has 3 aliphatic rings. The number of nitriles is 1. The molecule has 3 N–H and O–H groups in total. The fourth-order valence-corrected chi connectivity index (χ4v) is 7.75. The zero-order valence-corrected chi connectivity index (χ0v) is 25.2. The van der Waals surface area contributed by atoms with Crippen LogP contribution in [0.2, 0.25) is 5.02 Å². The number of nitrogens with one attached hydrogen (secondary N) is 1. The van der Waals surface area contributed by atoms with Crippen LogP contribution >= 0.6 is 22.9 Å². The molecule has 13 heteroatoms. The minimum Gasteiger partial charge on any atom is -0.459 e. The Balaban J connectivity index is 1.30. The quantitative estimate of drug-likeness (QED) is 0.292. The van der Waals surface area contributed by atoms with Gasteiger partial charge in [0.25, 0.3) is 0 Å². The van der Waals surface area contributed by atoms with Crippen LogP contribution in [0.3, 0.4) is 0 Å². The smallest absolute Gasteiger partial charge is 0.319 e. The topological polar surface area (TPSA) is 116 Å². The summed E-state index contributed by atoms with van der Waals surface area (Å²) in [7, 11) is 0. The van der Waals surface area contributed by atoms with E-state index in [0.717, 1.165) is 63.2 Å². The summed E-state index contributed by atoms with van der Waals surface area (Å²) in [4.78, 5) is 18.1. The molecule has 5 heterocycles. The molecule has 9 nitrogen and oxygen atoms in total. The van der Waals surface area contributed by atoms with Gasteiger partial charge in [-0.2, -0.15) is 15.2 Å². The molecule has 3 fully saturated rings. The standard InChI is InChI=1S/C30H31ClF2N8OS/c1-15(12-40-8-6-16(11-34)7-9-40)42-30-38-25-20(28(39-30)41-13-17-2-3-18(14-41)36-17)10-21(31)23(24(25)33)19-4-5-22(32)27-26(19)37-29(35)43-27/h4-5,10,15-18,36H,2-3,6-9,12-14H2,1H3,(H2,35,37). The molecule has 3 saturated heterocycles. The van der Waals surface area contributed by atoms with Gasteiger partial charge >= 0.3 is 6.01 Å². The van der Waals surface area contributed by atoms with Crippen molar-refractivity contribution in [3.05, 3.63) is 34.9 Å². The van der Waals surface area contributed by atoms with E-state index in [0.29, 0.717) is 35.4 Å². The molecule has 0 radical (unpaired) electrons. The van der Waals surface area contributed by atoms with Crippen LogP contribution in [0.15, 0.2) is 18.2 Å². The first-order valence-electron chi connectivity index (χ1n) is 14.6. The number of halogens is 3. The normalized spacial score (nSPS) is 21.9. The molecule has 43 heavy (non-hydrogen) atoms. The van der Waals surface area contributed by atoms with Crippen LogP contribution in [0.5, 0.6) is 6.01 Å². The Morgan fingerprint density at radius 2 is 1.88 bits per heavy atom. The molecule has 2 bridgehead atoms. The Morgan fingerprint density at radius 3 is 2.60 bits per heavy atom. The van der Waals surface area contributed by atoms with Crippen LogP contribution in [0, 0.1) is 28.9 Å². The number of thiazole rings is 1. The number of piperazine rings is 1. The molecule has 3 atom stereocenters. The number of piperidine rings is 1. The largest absolute Gasteiger partial charge is 0.459 e. The average molecular weight is 625 g/mol. The SMILES string of the molecule is CC(CN1CCC(C#N)CC1)Oc1nc(N2CC3CCC(C2)N3)c2cc(Cl)c(-c3ccc(F)c4sc(N)nc34)c(F)c2n1. The number of likely N-dealkylation sites (tertiary alicyclic amines) is 1. The van der Waals surface area contributed by atoms with E-state index in [1.165, 1.54) is 12.1 Å². The van der Waals surface area contributed by atoms with Gasteiger partial charge < -0.3 is 20.7 Å². The number of ether oxygens (including phenoxy) is 1. The molecule has 4 aromatic rings. The molecular weight excluding hydrogens is 594 g/mol. The lowest BCUT2D eigenvalue weighted by molar-refractivity contribution is 0.115. The van der Waals surface area contributed by atoms with Crippen molar-refractivity contribution in [2.24, 2.45) is 5.92 Å². The number of hydrogen-bond donors (Lipinski definition) is 2. The van der Waals surface area contributed by atoms with E-state index in [2.05, 4.69) is 31.2 Å². The lowest BCUT2D eigenvalue weighted by atomic mass is 9.98. The van der Waals surface area contributed by atoms with Crippen LogP contribution in [-0.2, 0) is 0 Å². The Bertz CT molecular complexity index is 1740. The summed E-state index contributed by atoms with van der Waals surface area (Å²) in [6, 6.07) is 7.52. The summed E-state index contributed by atoms with van der Waals surface area (Å²) < 4.78 is 37.7. The summed E-state index contributed by atoms with van der Waals surface area (Å²) in [6.07, 6.45) is 3.54. The van der Waals surface area contributed by atoms with Gasteiger partial charge in [-0.3, -0.25) is 4.90 Å². The van der Waals surface area contributed by atoms with E-state index in [1.54, 1.807) is 6.07 Å². The van der Waals surface area contributed by atoms with Crippen molar-refractivity contribution >= 4 is 55.0 Å². The molecular formula is C30H31ClF2N8OS. The molecule has 2 aromatic carbocycles. The maximum atomic E-state index is 16.7. The number of rotatable bonds is 6. The number of fused-ring (bicyclic) bond motifs is 4. The van der Waals surface area contributed by atoms with Crippen molar-refractivity contribution in [2.45, 2.75) is 50.8 Å². The first-order chi connectivity index (χ1) is 20.8. The second-order valence-corrected chi connectivity index (χ2v) is 13.2. The lowest BCUT2D eigenvalue weighted by Crippen LogP contribution is -2.51. The number of nitrogens with zero attached hydrogens (tertiary/aromatic N) is 6. The van der Waals surface area contributed by atoms with E-state index in [-0.39, 0.29) is 49.5 Å². The van der Waals surface area contributed by atoms with Crippen molar-refractivity contribution in [2.75, 3.05) is 43.4 Å². The highest BCUT2D eigenvalue weighted by Crippen LogP contribution is 2.43. The Morgan fingerprint density at radius 1 is 1.14 bits per heavy atom. The van der Waals surface area contributed by atoms with Gasteiger partial charge in [0.1, 0.15) is 23.3 Å². The highest BCUT2D eigenvalue weighted by molar-refractivity contribution is 7.22. The maximum Gasteiger partial charge on any atom is 0.319 e. The van der Waals surface area contributed by atoms with Gasteiger partial charge in [0.2, 0.25) is 0 Å². The molecule has 3 aliphatic heterocycles. The van der Waals surface area contributed by atoms with Gasteiger partial charge in [-0.05, 0) is 63.9 Å². The molecule has 0 amide bonds. The van der Waals surface area contributed by atoms with E-state index in [9.17, 15) is 9.65 Å². The summed E-state index contributed by atoms with van der Waals surface area (Å²) in [6.45, 7) is 5.68. The third kappa shape index (κ3) is 5.33. The first kappa shape index (κ1) is 28.4. The zero-order valence-electron chi connectivity index (χ0n) is 23.6. The fraction of sp³-hybridized carbons (Fsp3) is 0.467. The van der Waals surface area contributed by atoms with Gasteiger partial charge in [-0.1, -0.05) is 22.9 Å². The van der Waals surface area contributed by atoms with Crippen LogP contribution in [0.1, 0.15) is 32.6 Å². The number of benzene rings is 2. The molecule has 7 rings (SSSR count). The summed E-state index contributed by atoms with van der Waals surface area (Å²) >= 11 is 7.79. The van der Waals surface area contributed by atoms with E-state index < -0.39 is 11.6 Å². The number of nitrogens with two attached hydrogens (primary N) is 1. The zero-order chi connectivity index (χ0) is 29.8. The van der Waals surface area contributed by atoms with Crippen LogP contribution < -0.4 is 20.7 Å². The predicted molar refractivity (Wildman–Crippen MR) is 165 cm³/mol. The van der Waals surface area contributed by atoms with Gasteiger partial charge in [0.05, 0.1) is 21.3 Å². The van der Waals surface area contributed by atoms with Crippen LogP contribution in [-0.4, -0.2) is 70.8 Å². The minimum absolute atomic E-state index is 0.0768. The second-order valence-electron chi connectivity index (χ2n) is 11.8. The monoisotopic (exact) mass is 624 g/mol. The predicted octanol–water partition coefficient (Wildman–Crippen LogP) is 5.36. The van der Waals surface area contributed by atoms with Crippen LogP contribution in [0.25, 0.3) is 32.2 Å². The van der Waals surface area contributed by atoms with Crippen molar-refractivity contribution < 1.29 is 13.5 Å². The minimum atomic E-state index is -0.653. The number of hydrogen-bond acceptors (Lipinski definition) is 10.